The number of rotatable bonds is 2. The lowest BCUT2D eigenvalue weighted by molar-refractivity contribution is 0.00578. The normalized spacial score (nSPS) is 21.2. The molecular weight excluding hydrogens is 244 g/mol. The lowest BCUT2D eigenvalue weighted by Crippen LogP contribution is -2.41. The van der Waals surface area contributed by atoms with Gasteiger partial charge in [0.2, 0.25) is 0 Å². The Morgan fingerprint density at radius 1 is 1.16 bits per heavy atom. The monoisotopic (exact) mass is 265 g/mol. The smallest absolute Gasteiger partial charge is 0.399 e. The standard InChI is InChI=1S/C14H21BFNO2/c1-9(2)12-7-11(16)10(8-17-12)15-18-13(3,4)14(5,6)19-15/h7-9H,1-6H3. The fraction of sp³-hybridized carbons (Fsp3) is 0.643. The van der Waals surface area contributed by atoms with E-state index in [0.29, 0.717) is 5.46 Å². The van der Waals surface area contributed by atoms with Gasteiger partial charge in [-0.2, -0.15) is 0 Å². The molecule has 1 aromatic heterocycles. The number of hydrogen-bond acceptors (Lipinski definition) is 3. The third-order valence-electron chi connectivity index (χ3n) is 4.00. The molecule has 0 spiro atoms. The summed E-state index contributed by atoms with van der Waals surface area (Å²) in [6.07, 6.45) is 1.52. The molecule has 0 aliphatic carbocycles. The Bertz CT molecular complexity index is 472. The molecule has 19 heavy (non-hydrogen) atoms. The van der Waals surface area contributed by atoms with Crippen molar-refractivity contribution in [1.82, 2.24) is 4.98 Å². The van der Waals surface area contributed by atoms with Crippen LogP contribution in [0.3, 0.4) is 0 Å². The Morgan fingerprint density at radius 2 is 1.68 bits per heavy atom. The zero-order chi connectivity index (χ0) is 14.4. The van der Waals surface area contributed by atoms with Crippen molar-refractivity contribution in [2.45, 2.75) is 58.7 Å². The molecule has 1 aromatic rings. The highest BCUT2D eigenvalue weighted by Gasteiger charge is 2.52. The third kappa shape index (κ3) is 2.54. The second kappa shape index (κ2) is 4.56. The Labute approximate surface area is 114 Å². The summed E-state index contributed by atoms with van der Waals surface area (Å²) in [5, 5.41) is 0. The first-order valence-corrected chi connectivity index (χ1v) is 6.65. The predicted molar refractivity (Wildman–Crippen MR) is 74.0 cm³/mol. The van der Waals surface area contributed by atoms with E-state index >= 15 is 0 Å². The van der Waals surface area contributed by atoms with E-state index in [-0.39, 0.29) is 11.7 Å². The maximum Gasteiger partial charge on any atom is 0.499 e. The molecule has 1 aliphatic rings. The Hall–Kier alpha value is -0.935. The summed E-state index contributed by atoms with van der Waals surface area (Å²) in [5.74, 6) is -0.126. The molecule has 1 fully saturated rings. The Kier molecular flexibility index (Phi) is 3.48. The quantitative estimate of drug-likeness (QED) is 0.770. The number of aromatic nitrogens is 1. The van der Waals surface area contributed by atoms with Gasteiger partial charge in [-0.1, -0.05) is 13.8 Å². The molecule has 0 N–H and O–H groups in total. The van der Waals surface area contributed by atoms with Gasteiger partial charge >= 0.3 is 7.12 Å². The maximum absolute atomic E-state index is 14.2. The molecule has 1 aliphatic heterocycles. The minimum atomic E-state index is -0.696. The van der Waals surface area contributed by atoms with Gasteiger partial charge in [-0.05, 0) is 39.7 Å². The van der Waals surface area contributed by atoms with E-state index < -0.39 is 18.3 Å². The van der Waals surface area contributed by atoms with E-state index in [1.54, 1.807) is 0 Å². The van der Waals surface area contributed by atoms with Crippen molar-refractivity contribution in [1.29, 1.82) is 0 Å². The Morgan fingerprint density at radius 3 is 2.11 bits per heavy atom. The highest BCUT2D eigenvalue weighted by Crippen LogP contribution is 2.36. The van der Waals surface area contributed by atoms with Gasteiger partial charge in [0.05, 0.1) is 11.2 Å². The summed E-state index contributed by atoms with van der Waals surface area (Å²) in [7, 11) is -0.696. The predicted octanol–water partition coefficient (Wildman–Crippen LogP) is 2.64. The van der Waals surface area contributed by atoms with Crippen molar-refractivity contribution >= 4 is 12.6 Å². The highest BCUT2D eigenvalue weighted by atomic mass is 19.1. The van der Waals surface area contributed by atoms with E-state index in [0.717, 1.165) is 5.69 Å². The molecule has 0 bridgehead atoms. The van der Waals surface area contributed by atoms with E-state index in [1.165, 1.54) is 12.3 Å². The summed E-state index contributed by atoms with van der Waals surface area (Å²) in [6, 6.07) is 1.46. The van der Waals surface area contributed by atoms with E-state index in [4.69, 9.17) is 9.31 Å². The number of nitrogens with zero attached hydrogens (tertiary/aromatic N) is 1. The first-order chi connectivity index (χ1) is 8.64. The molecule has 0 saturated carbocycles. The van der Waals surface area contributed by atoms with Crippen LogP contribution < -0.4 is 5.46 Å². The number of pyridine rings is 1. The van der Waals surface area contributed by atoms with Gasteiger partial charge in [-0.15, -0.1) is 0 Å². The van der Waals surface area contributed by atoms with Gasteiger partial charge < -0.3 is 9.31 Å². The van der Waals surface area contributed by atoms with Crippen LogP contribution in [0.2, 0.25) is 0 Å². The lowest BCUT2D eigenvalue weighted by Gasteiger charge is -2.32. The van der Waals surface area contributed by atoms with Crippen LogP contribution >= 0.6 is 0 Å². The minimum Gasteiger partial charge on any atom is -0.399 e. The molecule has 3 nitrogen and oxygen atoms in total. The van der Waals surface area contributed by atoms with E-state index in [9.17, 15) is 4.39 Å². The van der Waals surface area contributed by atoms with Crippen LogP contribution in [0.5, 0.6) is 0 Å². The summed E-state index contributed by atoms with van der Waals surface area (Å²) in [6.45, 7) is 11.7. The van der Waals surface area contributed by atoms with Crippen LogP contribution in [0.4, 0.5) is 4.39 Å². The van der Waals surface area contributed by atoms with Crippen LogP contribution in [0.25, 0.3) is 0 Å². The fourth-order valence-electron chi connectivity index (χ4n) is 1.92. The third-order valence-corrected chi connectivity index (χ3v) is 4.00. The van der Waals surface area contributed by atoms with Gasteiger partial charge in [0, 0.05) is 17.4 Å². The molecule has 1 saturated heterocycles. The lowest BCUT2D eigenvalue weighted by atomic mass is 9.79. The van der Waals surface area contributed by atoms with Crippen LogP contribution in [-0.2, 0) is 9.31 Å². The molecule has 0 amide bonds. The van der Waals surface area contributed by atoms with Crippen molar-refractivity contribution in [2.24, 2.45) is 0 Å². The second-order valence-electron chi connectivity index (χ2n) is 6.37. The number of hydrogen-bond donors (Lipinski definition) is 0. The van der Waals surface area contributed by atoms with Crippen molar-refractivity contribution in [3.8, 4) is 0 Å². The SMILES string of the molecule is CC(C)c1cc(F)c(B2OC(C)(C)C(C)(C)O2)cn1. The molecule has 5 heteroatoms. The van der Waals surface area contributed by atoms with Crippen LogP contribution in [0.1, 0.15) is 53.2 Å². The molecule has 0 radical (unpaired) electrons. The minimum absolute atomic E-state index is 0.196. The van der Waals surface area contributed by atoms with Gasteiger partial charge in [-0.25, -0.2) is 4.39 Å². The Balaban J connectivity index is 2.30. The maximum atomic E-state index is 14.2. The summed E-state index contributed by atoms with van der Waals surface area (Å²) < 4.78 is 25.8. The van der Waals surface area contributed by atoms with E-state index in [1.807, 2.05) is 41.5 Å². The average molecular weight is 265 g/mol. The zero-order valence-electron chi connectivity index (χ0n) is 12.5. The molecule has 0 unspecified atom stereocenters. The number of halogens is 1. The molecule has 104 valence electrons. The van der Waals surface area contributed by atoms with Crippen LogP contribution in [0, 0.1) is 5.82 Å². The summed E-state index contributed by atoms with van der Waals surface area (Å²) >= 11 is 0. The zero-order valence-corrected chi connectivity index (χ0v) is 12.5. The summed E-state index contributed by atoms with van der Waals surface area (Å²) in [4.78, 5) is 4.28. The topological polar surface area (TPSA) is 31.4 Å². The molecule has 0 atom stereocenters. The first-order valence-electron chi connectivity index (χ1n) is 6.65. The largest absolute Gasteiger partial charge is 0.499 e. The van der Waals surface area contributed by atoms with Crippen LogP contribution in [0.15, 0.2) is 12.3 Å². The molecule has 2 heterocycles. The van der Waals surface area contributed by atoms with Crippen LogP contribution in [-0.4, -0.2) is 23.3 Å². The van der Waals surface area contributed by atoms with Crippen molar-refractivity contribution in [3.05, 3.63) is 23.8 Å². The van der Waals surface area contributed by atoms with Gasteiger partial charge in [0.1, 0.15) is 5.82 Å². The second-order valence-corrected chi connectivity index (χ2v) is 6.37. The van der Waals surface area contributed by atoms with Crippen molar-refractivity contribution in [2.75, 3.05) is 0 Å². The summed E-state index contributed by atoms with van der Waals surface area (Å²) in [5.41, 5.74) is 0.155. The van der Waals surface area contributed by atoms with Gasteiger partial charge in [0.15, 0.2) is 0 Å². The average Bonchev–Trinajstić information content (AvgIpc) is 2.47. The highest BCUT2D eigenvalue weighted by molar-refractivity contribution is 6.62. The fourth-order valence-corrected chi connectivity index (χ4v) is 1.92. The first kappa shape index (κ1) is 14.5. The molecule has 0 aromatic carbocycles. The molecular formula is C14H21BFNO2. The van der Waals surface area contributed by atoms with Gasteiger partial charge in [-0.3, -0.25) is 4.98 Å². The van der Waals surface area contributed by atoms with Crippen molar-refractivity contribution < 1.29 is 13.7 Å². The molecule has 2 rings (SSSR count). The van der Waals surface area contributed by atoms with Crippen molar-refractivity contribution in [3.63, 3.8) is 0 Å². The van der Waals surface area contributed by atoms with Gasteiger partial charge in [0.25, 0.3) is 0 Å². The van der Waals surface area contributed by atoms with E-state index in [2.05, 4.69) is 4.98 Å².